The van der Waals surface area contributed by atoms with Crippen molar-refractivity contribution in [2.45, 2.75) is 25.7 Å². The summed E-state index contributed by atoms with van der Waals surface area (Å²) in [6.07, 6.45) is 5.31. The molecule has 0 bridgehead atoms. The van der Waals surface area contributed by atoms with Gasteiger partial charge in [-0.25, -0.2) is 0 Å². The van der Waals surface area contributed by atoms with Crippen molar-refractivity contribution in [3.8, 4) is 0 Å². The standard InChI is InChI=1S/C22H22N2O2S/c1-22(2,3)15-14-19(17-9-5-4-6-10-17)24-27(25,26)20-13-7-11-18-12-8-16-23-21(18)20/h4-16H,1-3H3/b15-14+,24-19-. The normalized spacial score (nSPS) is 13.4. The number of hydrogen-bond donors (Lipinski definition) is 0. The van der Waals surface area contributed by atoms with Gasteiger partial charge in [-0.15, -0.1) is 0 Å². The van der Waals surface area contributed by atoms with E-state index in [2.05, 4.69) is 30.2 Å². The molecule has 0 radical (unpaired) electrons. The summed E-state index contributed by atoms with van der Waals surface area (Å²) in [5, 5.41) is 0.764. The first kappa shape index (κ1) is 19.0. The second-order valence-electron chi connectivity index (χ2n) is 7.35. The van der Waals surface area contributed by atoms with Crippen LogP contribution in [-0.2, 0) is 10.0 Å². The number of aromatic nitrogens is 1. The third-order valence-corrected chi connectivity index (χ3v) is 5.23. The zero-order valence-corrected chi connectivity index (χ0v) is 16.4. The highest BCUT2D eigenvalue weighted by atomic mass is 32.2. The Kier molecular flexibility index (Phi) is 5.24. The van der Waals surface area contributed by atoms with E-state index in [-0.39, 0.29) is 10.3 Å². The molecule has 0 aliphatic rings. The molecule has 0 spiro atoms. The highest BCUT2D eigenvalue weighted by molar-refractivity contribution is 7.90. The molecule has 0 saturated carbocycles. The third kappa shape index (κ3) is 4.68. The fourth-order valence-corrected chi connectivity index (χ4v) is 3.77. The molecule has 4 nitrogen and oxygen atoms in total. The van der Waals surface area contributed by atoms with Crippen LogP contribution in [0.3, 0.4) is 0 Å². The van der Waals surface area contributed by atoms with Gasteiger partial charge in [-0.3, -0.25) is 4.98 Å². The Morgan fingerprint density at radius 2 is 1.67 bits per heavy atom. The van der Waals surface area contributed by atoms with Gasteiger partial charge in [0.2, 0.25) is 0 Å². The van der Waals surface area contributed by atoms with E-state index in [4.69, 9.17) is 0 Å². The maximum atomic E-state index is 13.1. The van der Waals surface area contributed by atoms with Crippen LogP contribution in [0.4, 0.5) is 0 Å². The van der Waals surface area contributed by atoms with Gasteiger partial charge in [-0.2, -0.15) is 12.8 Å². The van der Waals surface area contributed by atoms with Gasteiger partial charge in [0, 0.05) is 17.1 Å². The molecule has 5 heteroatoms. The maximum Gasteiger partial charge on any atom is 0.285 e. The number of nitrogens with zero attached hydrogens (tertiary/aromatic N) is 2. The van der Waals surface area contributed by atoms with Gasteiger partial charge in [0.05, 0.1) is 11.2 Å². The fraction of sp³-hybridized carbons (Fsp3) is 0.182. The second kappa shape index (κ2) is 7.45. The number of rotatable bonds is 4. The lowest BCUT2D eigenvalue weighted by atomic mass is 9.95. The number of allylic oxidation sites excluding steroid dienone is 2. The largest absolute Gasteiger partial charge is 0.285 e. The van der Waals surface area contributed by atoms with Crippen LogP contribution < -0.4 is 0 Å². The summed E-state index contributed by atoms with van der Waals surface area (Å²) in [5.41, 5.74) is 1.48. The van der Waals surface area contributed by atoms with Crippen LogP contribution in [0.5, 0.6) is 0 Å². The predicted molar refractivity (Wildman–Crippen MR) is 111 cm³/mol. The summed E-state index contributed by atoms with van der Waals surface area (Å²) in [6.45, 7) is 6.15. The molecule has 0 N–H and O–H groups in total. The van der Waals surface area contributed by atoms with Gasteiger partial charge in [-0.1, -0.05) is 75.4 Å². The molecule has 1 aromatic heterocycles. The van der Waals surface area contributed by atoms with Gasteiger partial charge in [0.1, 0.15) is 4.90 Å². The number of hydrogen-bond acceptors (Lipinski definition) is 3. The van der Waals surface area contributed by atoms with Crippen molar-refractivity contribution in [1.82, 2.24) is 4.98 Å². The van der Waals surface area contributed by atoms with Crippen molar-refractivity contribution < 1.29 is 8.42 Å². The average molecular weight is 378 g/mol. The van der Waals surface area contributed by atoms with Crippen molar-refractivity contribution in [1.29, 1.82) is 0 Å². The molecule has 3 aromatic rings. The van der Waals surface area contributed by atoms with Crippen LogP contribution in [0.25, 0.3) is 10.9 Å². The van der Waals surface area contributed by atoms with E-state index in [0.29, 0.717) is 11.2 Å². The number of fused-ring (bicyclic) bond motifs is 1. The maximum absolute atomic E-state index is 13.1. The van der Waals surface area contributed by atoms with E-state index in [1.165, 1.54) is 0 Å². The van der Waals surface area contributed by atoms with E-state index in [9.17, 15) is 8.42 Å². The van der Waals surface area contributed by atoms with Crippen LogP contribution in [0.15, 0.2) is 88.3 Å². The van der Waals surface area contributed by atoms with Gasteiger partial charge in [0.15, 0.2) is 0 Å². The van der Waals surface area contributed by atoms with Gasteiger partial charge in [0.25, 0.3) is 10.0 Å². The summed E-state index contributed by atoms with van der Waals surface area (Å²) in [5.74, 6) is 0. The molecule has 27 heavy (non-hydrogen) atoms. The SMILES string of the molecule is CC(C)(C)/C=C/C(=N/S(=O)(=O)c1cccc2cccnc12)c1ccccc1. The molecule has 0 unspecified atom stereocenters. The minimum absolute atomic E-state index is 0.0969. The third-order valence-electron chi connectivity index (χ3n) is 3.90. The summed E-state index contributed by atoms with van der Waals surface area (Å²) < 4.78 is 30.4. The summed E-state index contributed by atoms with van der Waals surface area (Å²) in [7, 11) is -3.93. The Balaban J connectivity index is 2.17. The Labute approximate surface area is 160 Å². The molecule has 0 atom stereocenters. The Morgan fingerprint density at radius 1 is 0.963 bits per heavy atom. The molecular weight excluding hydrogens is 356 g/mol. The quantitative estimate of drug-likeness (QED) is 0.599. The van der Waals surface area contributed by atoms with Crippen molar-refractivity contribution in [3.05, 3.63) is 84.6 Å². The molecule has 0 aliphatic carbocycles. The summed E-state index contributed by atoms with van der Waals surface area (Å²) >= 11 is 0. The highest BCUT2D eigenvalue weighted by Crippen LogP contribution is 2.23. The van der Waals surface area contributed by atoms with Crippen LogP contribution in [0, 0.1) is 5.41 Å². The molecule has 0 fully saturated rings. The lowest BCUT2D eigenvalue weighted by molar-refractivity contribution is 0.544. The van der Waals surface area contributed by atoms with Crippen LogP contribution in [-0.4, -0.2) is 19.1 Å². The van der Waals surface area contributed by atoms with Crippen molar-refractivity contribution in [3.63, 3.8) is 0 Å². The molecule has 0 saturated heterocycles. The van der Waals surface area contributed by atoms with Crippen LogP contribution in [0.1, 0.15) is 26.3 Å². The predicted octanol–water partition coefficient (Wildman–Crippen LogP) is 5.02. The Bertz CT molecular complexity index is 1100. The molecule has 0 amide bonds. The first-order valence-electron chi connectivity index (χ1n) is 8.70. The van der Waals surface area contributed by atoms with E-state index in [1.54, 1.807) is 30.5 Å². The number of pyridine rings is 1. The first-order valence-corrected chi connectivity index (χ1v) is 10.1. The van der Waals surface area contributed by atoms with Gasteiger partial charge >= 0.3 is 0 Å². The van der Waals surface area contributed by atoms with Crippen molar-refractivity contribution in [2.75, 3.05) is 0 Å². The topological polar surface area (TPSA) is 59.4 Å². The summed E-state index contributed by atoms with van der Waals surface area (Å²) in [6, 6.07) is 18.0. The Morgan fingerprint density at radius 3 is 2.37 bits per heavy atom. The van der Waals surface area contributed by atoms with E-state index in [1.807, 2.05) is 48.5 Å². The lowest BCUT2D eigenvalue weighted by Gasteiger charge is -2.12. The second-order valence-corrected chi connectivity index (χ2v) is 8.92. The highest BCUT2D eigenvalue weighted by Gasteiger charge is 2.19. The average Bonchev–Trinajstić information content (AvgIpc) is 2.64. The minimum atomic E-state index is -3.93. The monoisotopic (exact) mass is 378 g/mol. The molecule has 1 heterocycles. The smallest absolute Gasteiger partial charge is 0.255 e. The lowest BCUT2D eigenvalue weighted by Crippen LogP contribution is -2.07. The molecular formula is C22H22N2O2S. The fourth-order valence-electron chi connectivity index (χ4n) is 2.58. The van der Waals surface area contributed by atoms with Crippen molar-refractivity contribution in [2.24, 2.45) is 9.81 Å². The minimum Gasteiger partial charge on any atom is -0.255 e. The Hall–Kier alpha value is -2.79. The van der Waals surface area contributed by atoms with Gasteiger partial charge in [-0.05, 0) is 23.6 Å². The summed E-state index contributed by atoms with van der Waals surface area (Å²) in [4.78, 5) is 4.36. The molecule has 138 valence electrons. The number of para-hydroxylation sites is 1. The molecule has 3 rings (SSSR count). The van der Waals surface area contributed by atoms with Crippen LogP contribution >= 0.6 is 0 Å². The number of sulfonamides is 1. The number of benzene rings is 2. The van der Waals surface area contributed by atoms with E-state index < -0.39 is 10.0 Å². The van der Waals surface area contributed by atoms with Crippen LogP contribution in [0.2, 0.25) is 0 Å². The molecule has 2 aromatic carbocycles. The van der Waals surface area contributed by atoms with E-state index in [0.717, 1.165) is 10.9 Å². The van der Waals surface area contributed by atoms with Crippen molar-refractivity contribution >= 4 is 26.6 Å². The molecule has 0 aliphatic heterocycles. The zero-order valence-electron chi connectivity index (χ0n) is 15.6. The zero-order chi connectivity index (χ0) is 19.5. The van der Waals surface area contributed by atoms with E-state index >= 15 is 0 Å². The first-order chi connectivity index (χ1) is 12.8. The van der Waals surface area contributed by atoms with Gasteiger partial charge < -0.3 is 0 Å².